The Morgan fingerprint density at radius 1 is 1.00 bits per heavy atom. The maximum absolute atomic E-state index is 12.8. The molecule has 180 valence electrons. The van der Waals surface area contributed by atoms with Gasteiger partial charge in [-0.2, -0.15) is 0 Å². The van der Waals surface area contributed by atoms with Gasteiger partial charge in [0.1, 0.15) is 17.6 Å². The summed E-state index contributed by atoms with van der Waals surface area (Å²) < 4.78 is 21.4. The van der Waals surface area contributed by atoms with E-state index in [4.69, 9.17) is 18.9 Å². The average Bonchev–Trinajstić information content (AvgIpc) is 2.88. The van der Waals surface area contributed by atoms with Gasteiger partial charge >= 0.3 is 11.9 Å². The van der Waals surface area contributed by atoms with Gasteiger partial charge in [0.25, 0.3) is 5.91 Å². The largest absolute Gasteiger partial charge is 0.497 e. The van der Waals surface area contributed by atoms with Crippen LogP contribution < -0.4 is 14.8 Å². The molecule has 3 aromatic carbocycles. The number of esters is 2. The Hall–Kier alpha value is -4.33. The van der Waals surface area contributed by atoms with Crippen molar-refractivity contribution in [2.24, 2.45) is 0 Å². The summed E-state index contributed by atoms with van der Waals surface area (Å²) in [6.07, 6.45) is -1.10. The minimum Gasteiger partial charge on any atom is -0.497 e. The van der Waals surface area contributed by atoms with E-state index in [1.807, 2.05) is 30.3 Å². The van der Waals surface area contributed by atoms with Crippen LogP contribution in [0, 0.1) is 0 Å². The van der Waals surface area contributed by atoms with Crippen molar-refractivity contribution in [3.8, 4) is 11.5 Å². The molecule has 1 aliphatic rings. The molecular formula is C27H25NO7. The fourth-order valence-corrected chi connectivity index (χ4v) is 3.80. The first-order valence-corrected chi connectivity index (χ1v) is 11.0. The normalized spacial score (nSPS) is 15.3. The molecule has 8 heteroatoms. The second-order valence-corrected chi connectivity index (χ2v) is 7.98. The lowest BCUT2D eigenvalue weighted by atomic mass is 9.93. The highest BCUT2D eigenvalue weighted by molar-refractivity contribution is 5.99. The van der Waals surface area contributed by atoms with Crippen LogP contribution >= 0.6 is 0 Å². The van der Waals surface area contributed by atoms with E-state index in [2.05, 4.69) is 5.32 Å². The Morgan fingerprint density at radius 2 is 1.77 bits per heavy atom. The number of carbonyl (C=O) groups is 3. The molecule has 0 spiro atoms. The molecule has 0 radical (unpaired) electrons. The summed E-state index contributed by atoms with van der Waals surface area (Å²) in [6.45, 7) is 1.47. The van der Waals surface area contributed by atoms with Gasteiger partial charge < -0.3 is 24.3 Å². The van der Waals surface area contributed by atoms with Gasteiger partial charge in [-0.1, -0.05) is 30.3 Å². The third-order valence-corrected chi connectivity index (χ3v) is 5.70. The topological polar surface area (TPSA) is 100 Å². The molecule has 4 rings (SSSR count). The van der Waals surface area contributed by atoms with Gasteiger partial charge in [0.2, 0.25) is 0 Å². The Balaban J connectivity index is 1.46. The van der Waals surface area contributed by atoms with Crippen molar-refractivity contribution in [1.82, 2.24) is 0 Å². The van der Waals surface area contributed by atoms with Gasteiger partial charge in [-0.25, -0.2) is 9.59 Å². The predicted octanol–water partition coefficient (Wildman–Crippen LogP) is 4.34. The molecule has 8 nitrogen and oxygen atoms in total. The van der Waals surface area contributed by atoms with Crippen molar-refractivity contribution in [3.63, 3.8) is 0 Å². The van der Waals surface area contributed by atoms with Crippen LogP contribution in [-0.2, 0) is 20.7 Å². The SMILES string of the molecule is COc1ccc(OC)c(NC(=O)C(C)OC(=O)c2ccc3c(c2)CC(c2ccccc2)OC3=O)c1. The van der Waals surface area contributed by atoms with E-state index in [-0.39, 0.29) is 5.56 Å². The highest BCUT2D eigenvalue weighted by Crippen LogP contribution is 2.32. The zero-order valence-electron chi connectivity index (χ0n) is 19.6. The molecule has 0 aliphatic carbocycles. The number of hydrogen-bond donors (Lipinski definition) is 1. The van der Waals surface area contributed by atoms with Crippen molar-refractivity contribution in [2.45, 2.75) is 25.6 Å². The number of carbonyl (C=O) groups excluding carboxylic acids is 3. The number of cyclic esters (lactones) is 1. The standard InChI is InChI=1S/C27H25NO7/c1-16(25(29)28-22-15-20(32-2)10-12-23(22)33-3)34-26(30)18-9-11-21-19(13-18)14-24(35-27(21)31)17-7-5-4-6-8-17/h4-13,15-16,24H,14H2,1-3H3,(H,28,29). The Labute approximate surface area is 202 Å². The van der Waals surface area contributed by atoms with Crippen molar-refractivity contribution >= 4 is 23.5 Å². The van der Waals surface area contributed by atoms with E-state index in [0.29, 0.717) is 34.7 Å². The van der Waals surface area contributed by atoms with Gasteiger partial charge in [0.05, 0.1) is 31.0 Å². The van der Waals surface area contributed by atoms with Crippen LogP contribution in [0.4, 0.5) is 5.69 Å². The number of amides is 1. The van der Waals surface area contributed by atoms with Crippen LogP contribution in [0.3, 0.4) is 0 Å². The molecule has 1 heterocycles. The van der Waals surface area contributed by atoms with Crippen LogP contribution in [0.15, 0.2) is 66.7 Å². The van der Waals surface area contributed by atoms with Gasteiger partial charge in [0.15, 0.2) is 6.10 Å². The quantitative estimate of drug-likeness (QED) is 0.507. The predicted molar refractivity (Wildman–Crippen MR) is 128 cm³/mol. The summed E-state index contributed by atoms with van der Waals surface area (Å²) in [7, 11) is 2.99. The van der Waals surface area contributed by atoms with Crippen molar-refractivity contribution in [1.29, 1.82) is 0 Å². The minimum atomic E-state index is -1.09. The number of rotatable bonds is 7. The molecule has 0 saturated carbocycles. The van der Waals surface area contributed by atoms with E-state index in [1.54, 1.807) is 30.3 Å². The summed E-state index contributed by atoms with van der Waals surface area (Å²) in [5.41, 5.74) is 2.59. The molecule has 35 heavy (non-hydrogen) atoms. The number of nitrogens with one attached hydrogen (secondary N) is 1. The first-order valence-electron chi connectivity index (χ1n) is 11.0. The number of fused-ring (bicyclic) bond motifs is 1. The van der Waals surface area contributed by atoms with Crippen LogP contribution in [0.2, 0.25) is 0 Å². The molecule has 1 N–H and O–H groups in total. The van der Waals surface area contributed by atoms with Crippen molar-refractivity contribution < 1.29 is 33.3 Å². The van der Waals surface area contributed by atoms with Gasteiger partial charge in [0, 0.05) is 12.5 Å². The van der Waals surface area contributed by atoms with Crippen LogP contribution in [0.5, 0.6) is 11.5 Å². The van der Waals surface area contributed by atoms with E-state index >= 15 is 0 Å². The molecule has 2 unspecified atom stereocenters. The second-order valence-electron chi connectivity index (χ2n) is 7.98. The van der Waals surface area contributed by atoms with Crippen LogP contribution in [0.25, 0.3) is 0 Å². The fraction of sp³-hybridized carbons (Fsp3) is 0.222. The molecule has 3 aromatic rings. The van der Waals surface area contributed by atoms with Crippen LogP contribution in [-0.4, -0.2) is 38.2 Å². The molecule has 0 aromatic heterocycles. The number of benzene rings is 3. The minimum absolute atomic E-state index is 0.240. The zero-order valence-corrected chi connectivity index (χ0v) is 19.6. The first-order chi connectivity index (χ1) is 16.9. The first kappa shape index (κ1) is 23.8. The molecular weight excluding hydrogens is 450 g/mol. The molecule has 1 aliphatic heterocycles. The van der Waals surface area contributed by atoms with E-state index in [1.165, 1.54) is 27.2 Å². The molecule has 0 saturated heterocycles. The number of hydrogen-bond acceptors (Lipinski definition) is 7. The molecule has 0 bridgehead atoms. The van der Waals surface area contributed by atoms with Gasteiger partial charge in [-0.3, -0.25) is 4.79 Å². The lowest BCUT2D eigenvalue weighted by Gasteiger charge is -2.25. The zero-order chi connectivity index (χ0) is 24.9. The monoisotopic (exact) mass is 475 g/mol. The number of ether oxygens (including phenoxy) is 4. The summed E-state index contributed by atoms with van der Waals surface area (Å²) in [5, 5.41) is 2.69. The van der Waals surface area contributed by atoms with E-state index in [9.17, 15) is 14.4 Å². The lowest BCUT2D eigenvalue weighted by Crippen LogP contribution is -2.30. The van der Waals surface area contributed by atoms with Gasteiger partial charge in [-0.15, -0.1) is 0 Å². The third kappa shape index (κ3) is 5.27. The molecule has 0 fully saturated rings. The second kappa shape index (κ2) is 10.3. The molecule has 2 atom stereocenters. The maximum Gasteiger partial charge on any atom is 0.339 e. The van der Waals surface area contributed by atoms with E-state index in [0.717, 1.165) is 5.56 Å². The summed E-state index contributed by atoms with van der Waals surface area (Å²) in [5.74, 6) is -0.682. The summed E-state index contributed by atoms with van der Waals surface area (Å²) in [4.78, 5) is 37.9. The summed E-state index contributed by atoms with van der Waals surface area (Å²) >= 11 is 0. The van der Waals surface area contributed by atoms with Crippen molar-refractivity contribution in [2.75, 3.05) is 19.5 Å². The van der Waals surface area contributed by atoms with Gasteiger partial charge in [-0.05, 0) is 48.4 Å². The Bertz CT molecular complexity index is 1260. The average molecular weight is 475 g/mol. The van der Waals surface area contributed by atoms with Crippen LogP contribution in [0.1, 0.15) is 44.9 Å². The van der Waals surface area contributed by atoms with Crippen molar-refractivity contribution in [3.05, 3.63) is 89.0 Å². The molecule has 1 amide bonds. The number of anilines is 1. The smallest absolute Gasteiger partial charge is 0.339 e. The van der Waals surface area contributed by atoms with E-state index < -0.39 is 30.1 Å². The lowest BCUT2D eigenvalue weighted by molar-refractivity contribution is -0.123. The third-order valence-electron chi connectivity index (χ3n) is 5.70. The highest BCUT2D eigenvalue weighted by Gasteiger charge is 2.29. The summed E-state index contributed by atoms with van der Waals surface area (Å²) in [6, 6.07) is 19.0. The number of methoxy groups -OCH3 is 2. The fourth-order valence-electron chi connectivity index (χ4n) is 3.80. The highest BCUT2D eigenvalue weighted by atomic mass is 16.6. The maximum atomic E-state index is 12.8. The Morgan fingerprint density at radius 3 is 2.49 bits per heavy atom. The Kier molecular flexibility index (Phi) is 7.01.